The second-order valence-electron chi connectivity index (χ2n) is 5.76. The van der Waals surface area contributed by atoms with Gasteiger partial charge in [0.15, 0.2) is 0 Å². The lowest BCUT2D eigenvalue weighted by Gasteiger charge is -2.22. The van der Waals surface area contributed by atoms with Gasteiger partial charge in [-0.25, -0.2) is 4.79 Å². The molecule has 1 unspecified atom stereocenters. The summed E-state index contributed by atoms with van der Waals surface area (Å²) in [6, 6.07) is 6.18. The molecule has 0 saturated carbocycles. The molecule has 0 aliphatic heterocycles. The Hall–Kier alpha value is -2.24. The zero-order valence-electron chi connectivity index (χ0n) is 13.1. The van der Waals surface area contributed by atoms with Crippen LogP contribution in [0.4, 0.5) is 10.5 Å². The van der Waals surface area contributed by atoms with Gasteiger partial charge in [0.25, 0.3) is 0 Å². The Balaban J connectivity index is 2.61. The third-order valence-electron chi connectivity index (χ3n) is 2.60. The number of ether oxygens (including phenoxy) is 1. The highest BCUT2D eigenvalue weighted by Gasteiger charge is 2.19. The van der Waals surface area contributed by atoms with Crippen molar-refractivity contribution in [2.45, 2.75) is 39.3 Å². The minimum absolute atomic E-state index is 0.399. The largest absolute Gasteiger partial charge is 0.495 e. The molecule has 0 bridgehead atoms. The summed E-state index contributed by atoms with van der Waals surface area (Å²) in [5.41, 5.74) is 0.294. The SMILES string of the molecule is COc1ccccc1NC(C)C(=O)NC(=O)NC(C)(C)C. The van der Waals surface area contributed by atoms with E-state index in [1.807, 2.05) is 32.9 Å². The number of carbonyl (C=O) groups is 2. The van der Waals surface area contributed by atoms with Crippen LogP contribution in [-0.2, 0) is 4.79 Å². The van der Waals surface area contributed by atoms with Crippen molar-refractivity contribution in [3.05, 3.63) is 24.3 Å². The number of methoxy groups -OCH3 is 1. The van der Waals surface area contributed by atoms with E-state index in [1.165, 1.54) is 0 Å². The van der Waals surface area contributed by atoms with Gasteiger partial charge < -0.3 is 15.4 Å². The predicted molar refractivity (Wildman–Crippen MR) is 82.5 cm³/mol. The van der Waals surface area contributed by atoms with Gasteiger partial charge in [0.2, 0.25) is 5.91 Å². The van der Waals surface area contributed by atoms with Crippen LogP contribution in [0.15, 0.2) is 24.3 Å². The Kier molecular flexibility index (Phi) is 5.58. The van der Waals surface area contributed by atoms with E-state index in [1.54, 1.807) is 26.2 Å². The van der Waals surface area contributed by atoms with Gasteiger partial charge in [-0.2, -0.15) is 0 Å². The molecule has 116 valence electrons. The summed E-state index contributed by atoms with van der Waals surface area (Å²) < 4.78 is 5.20. The molecule has 0 aliphatic rings. The van der Waals surface area contributed by atoms with E-state index in [0.29, 0.717) is 11.4 Å². The van der Waals surface area contributed by atoms with Gasteiger partial charge in [0.05, 0.1) is 12.8 Å². The number of nitrogens with one attached hydrogen (secondary N) is 3. The summed E-state index contributed by atoms with van der Waals surface area (Å²) >= 11 is 0. The molecule has 6 nitrogen and oxygen atoms in total. The fourth-order valence-electron chi connectivity index (χ4n) is 1.65. The average molecular weight is 293 g/mol. The fraction of sp³-hybridized carbons (Fsp3) is 0.467. The number of urea groups is 1. The quantitative estimate of drug-likeness (QED) is 0.794. The Morgan fingerprint density at radius 3 is 2.38 bits per heavy atom. The lowest BCUT2D eigenvalue weighted by molar-refractivity contribution is -0.120. The second-order valence-corrected chi connectivity index (χ2v) is 5.76. The van der Waals surface area contributed by atoms with E-state index in [4.69, 9.17) is 4.74 Å². The summed E-state index contributed by atoms with van der Waals surface area (Å²) in [7, 11) is 1.56. The lowest BCUT2D eigenvalue weighted by atomic mass is 10.1. The molecule has 1 aromatic carbocycles. The first kappa shape index (κ1) is 16.8. The topological polar surface area (TPSA) is 79.5 Å². The van der Waals surface area contributed by atoms with Crippen LogP contribution >= 0.6 is 0 Å². The Bertz CT molecular complexity index is 509. The number of rotatable bonds is 4. The monoisotopic (exact) mass is 293 g/mol. The molecule has 0 fully saturated rings. The molecule has 1 rings (SSSR count). The number of hydrogen-bond donors (Lipinski definition) is 3. The van der Waals surface area contributed by atoms with Crippen molar-refractivity contribution in [3.8, 4) is 5.75 Å². The molecule has 0 radical (unpaired) electrons. The molecule has 0 spiro atoms. The molecule has 3 amide bonds. The van der Waals surface area contributed by atoms with E-state index in [2.05, 4.69) is 16.0 Å². The summed E-state index contributed by atoms with van der Waals surface area (Å²) in [5, 5.41) is 7.98. The summed E-state index contributed by atoms with van der Waals surface area (Å²) in [5.74, 6) is 0.221. The minimum Gasteiger partial charge on any atom is -0.495 e. The number of hydrogen-bond acceptors (Lipinski definition) is 4. The molecule has 0 saturated heterocycles. The van der Waals surface area contributed by atoms with Crippen molar-refractivity contribution in [1.29, 1.82) is 0 Å². The standard InChI is InChI=1S/C15H23N3O3/c1-10(13(19)17-14(20)18-15(2,3)4)16-11-8-6-7-9-12(11)21-5/h6-10,16H,1-5H3,(H2,17,18,19,20). The van der Waals surface area contributed by atoms with Crippen LogP contribution in [0.25, 0.3) is 0 Å². The lowest BCUT2D eigenvalue weighted by Crippen LogP contribution is -2.51. The van der Waals surface area contributed by atoms with Crippen LogP contribution in [0, 0.1) is 0 Å². The number of amides is 3. The van der Waals surface area contributed by atoms with Crippen LogP contribution in [0.3, 0.4) is 0 Å². The van der Waals surface area contributed by atoms with Gasteiger partial charge in [-0.3, -0.25) is 10.1 Å². The maximum absolute atomic E-state index is 12.0. The van der Waals surface area contributed by atoms with Crippen molar-refractivity contribution in [1.82, 2.24) is 10.6 Å². The first-order chi connectivity index (χ1) is 9.73. The number of anilines is 1. The number of carbonyl (C=O) groups excluding carboxylic acids is 2. The van der Waals surface area contributed by atoms with Crippen molar-refractivity contribution in [2.24, 2.45) is 0 Å². The van der Waals surface area contributed by atoms with Crippen LogP contribution in [0.5, 0.6) is 5.75 Å². The zero-order valence-corrected chi connectivity index (χ0v) is 13.1. The zero-order chi connectivity index (χ0) is 16.0. The normalized spacial score (nSPS) is 12.2. The number of para-hydroxylation sites is 2. The van der Waals surface area contributed by atoms with Crippen molar-refractivity contribution < 1.29 is 14.3 Å². The van der Waals surface area contributed by atoms with Gasteiger partial charge in [-0.1, -0.05) is 12.1 Å². The first-order valence-corrected chi connectivity index (χ1v) is 6.75. The summed E-state index contributed by atoms with van der Waals surface area (Å²) in [6.45, 7) is 7.20. The molecule has 1 atom stereocenters. The highest BCUT2D eigenvalue weighted by Crippen LogP contribution is 2.23. The van der Waals surface area contributed by atoms with Crippen molar-refractivity contribution in [2.75, 3.05) is 12.4 Å². The van der Waals surface area contributed by atoms with Gasteiger partial charge in [-0.05, 0) is 39.8 Å². The van der Waals surface area contributed by atoms with Crippen LogP contribution in [0.2, 0.25) is 0 Å². The molecular formula is C15H23N3O3. The predicted octanol–water partition coefficient (Wildman–Crippen LogP) is 2.12. The van der Waals surface area contributed by atoms with Gasteiger partial charge >= 0.3 is 6.03 Å². The molecule has 0 heterocycles. The third-order valence-corrected chi connectivity index (χ3v) is 2.60. The highest BCUT2D eigenvalue weighted by molar-refractivity contribution is 5.98. The van der Waals surface area contributed by atoms with Crippen molar-refractivity contribution in [3.63, 3.8) is 0 Å². The van der Waals surface area contributed by atoms with Crippen molar-refractivity contribution >= 4 is 17.6 Å². The Morgan fingerprint density at radius 1 is 1.19 bits per heavy atom. The average Bonchev–Trinajstić information content (AvgIpc) is 2.36. The van der Waals surface area contributed by atoms with E-state index in [-0.39, 0.29) is 0 Å². The molecule has 0 aliphatic carbocycles. The van der Waals surface area contributed by atoms with E-state index in [0.717, 1.165) is 0 Å². The molecule has 6 heteroatoms. The maximum atomic E-state index is 12.0. The molecule has 1 aromatic rings. The van der Waals surface area contributed by atoms with Crippen LogP contribution < -0.4 is 20.7 Å². The highest BCUT2D eigenvalue weighted by atomic mass is 16.5. The Morgan fingerprint density at radius 2 is 1.81 bits per heavy atom. The third kappa shape index (κ3) is 5.72. The first-order valence-electron chi connectivity index (χ1n) is 6.75. The molecule has 0 aromatic heterocycles. The smallest absolute Gasteiger partial charge is 0.321 e. The molecule has 3 N–H and O–H groups in total. The fourth-order valence-corrected chi connectivity index (χ4v) is 1.65. The minimum atomic E-state index is -0.577. The van der Waals surface area contributed by atoms with Gasteiger partial charge in [0, 0.05) is 5.54 Å². The molecular weight excluding hydrogens is 270 g/mol. The van der Waals surface area contributed by atoms with E-state index < -0.39 is 23.5 Å². The summed E-state index contributed by atoms with van der Waals surface area (Å²) in [4.78, 5) is 23.6. The van der Waals surface area contributed by atoms with Crippen LogP contribution in [0.1, 0.15) is 27.7 Å². The summed E-state index contributed by atoms with van der Waals surface area (Å²) in [6.07, 6.45) is 0. The van der Waals surface area contributed by atoms with Gasteiger partial charge in [0.1, 0.15) is 11.8 Å². The van der Waals surface area contributed by atoms with Gasteiger partial charge in [-0.15, -0.1) is 0 Å². The Labute approximate surface area is 125 Å². The van der Waals surface area contributed by atoms with E-state index >= 15 is 0 Å². The van der Waals surface area contributed by atoms with E-state index in [9.17, 15) is 9.59 Å². The molecule has 21 heavy (non-hydrogen) atoms. The maximum Gasteiger partial charge on any atom is 0.321 e. The van der Waals surface area contributed by atoms with Crippen LogP contribution in [-0.4, -0.2) is 30.6 Å². The second kappa shape index (κ2) is 6.97. The number of benzene rings is 1. The number of imide groups is 1.